The first-order valence-electron chi connectivity index (χ1n) is 4.98. The lowest BCUT2D eigenvalue weighted by atomic mass is 9.92. The summed E-state index contributed by atoms with van der Waals surface area (Å²) in [4.78, 5) is 0. The predicted molar refractivity (Wildman–Crippen MR) is 61.5 cm³/mol. The van der Waals surface area contributed by atoms with Crippen LogP contribution in [0.5, 0.6) is 0 Å². The van der Waals surface area contributed by atoms with Crippen molar-refractivity contribution in [3.8, 4) is 0 Å². The molecule has 0 amide bonds. The van der Waals surface area contributed by atoms with Gasteiger partial charge in [0.2, 0.25) is 0 Å². The maximum atomic E-state index is 13.9. The summed E-state index contributed by atoms with van der Waals surface area (Å²) in [6, 6.07) is 5.21. The van der Waals surface area contributed by atoms with Gasteiger partial charge < -0.3 is 0 Å². The highest BCUT2D eigenvalue weighted by Crippen LogP contribution is 2.54. The van der Waals surface area contributed by atoms with Gasteiger partial charge in [-0.15, -0.1) is 0 Å². The van der Waals surface area contributed by atoms with E-state index < -0.39 is 0 Å². The Bertz CT molecular complexity index is 377. The summed E-state index contributed by atoms with van der Waals surface area (Å²) in [5.41, 5.74) is 3.48. The van der Waals surface area contributed by atoms with E-state index in [0.29, 0.717) is 10.0 Å². The van der Waals surface area contributed by atoms with Gasteiger partial charge in [0.15, 0.2) is 0 Å². The minimum atomic E-state index is -0.214. The van der Waals surface area contributed by atoms with Gasteiger partial charge in [0.05, 0.1) is 10.5 Å². The Kier molecular flexibility index (Phi) is 2.83. The lowest BCUT2D eigenvalue weighted by molar-refractivity contribution is 0.360. The molecule has 15 heavy (non-hydrogen) atoms. The number of nitrogens with one attached hydrogen (secondary N) is 1. The molecule has 2 rings (SSSR count). The third kappa shape index (κ3) is 1.94. The van der Waals surface area contributed by atoms with Gasteiger partial charge in [-0.2, -0.15) is 0 Å². The minimum absolute atomic E-state index is 0.102. The molecule has 0 aliphatic heterocycles. The molecular formula is C11H14BrFN2. The standard InChI is InChI=1S/C11H14BrFN2/c1-11(5-6-11)10(15-14)7-3-2-4-8(12)9(7)13/h2-4,10,15H,5-6,14H2,1H3. The zero-order valence-electron chi connectivity index (χ0n) is 8.56. The van der Waals surface area contributed by atoms with Crippen molar-refractivity contribution in [2.45, 2.75) is 25.8 Å². The molecule has 0 radical (unpaired) electrons. The van der Waals surface area contributed by atoms with Gasteiger partial charge in [0.1, 0.15) is 5.82 Å². The topological polar surface area (TPSA) is 38.0 Å². The van der Waals surface area contributed by atoms with Crippen LogP contribution < -0.4 is 11.3 Å². The van der Waals surface area contributed by atoms with E-state index in [1.54, 1.807) is 12.1 Å². The maximum absolute atomic E-state index is 13.9. The molecule has 0 bridgehead atoms. The van der Waals surface area contributed by atoms with E-state index in [2.05, 4.69) is 28.3 Å². The third-order valence-electron chi connectivity index (χ3n) is 3.19. The molecule has 1 atom stereocenters. The Morgan fingerprint density at radius 3 is 2.73 bits per heavy atom. The second-order valence-electron chi connectivity index (χ2n) is 4.40. The second-order valence-corrected chi connectivity index (χ2v) is 5.25. The number of benzene rings is 1. The summed E-state index contributed by atoms with van der Waals surface area (Å²) in [7, 11) is 0. The van der Waals surface area contributed by atoms with Crippen LogP contribution in [-0.4, -0.2) is 0 Å². The molecule has 1 fully saturated rings. The Hall–Kier alpha value is -0.450. The SMILES string of the molecule is CC1(C(NN)c2cccc(Br)c2F)CC1. The van der Waals surface area contributed by atoms with E-state index in [0.717, 1.165) is 12.8 Å². The third-order valence-corrected chi connectivity index (χ3v) is 3.81. The van der Waals surface area contributed by atoms with Gasteiger partial charge >= 0.3 is 0 Å². The number of hydrogen-bond donors (Lipinski definition) is 2. The average molecular weight is 273 g/mol. The summed E-state index contributed by atoms with van der Waals surface area (Å²) in [5, 5.41) is 0. The first-order chi connectivity index (χ1) is 7.08. The Morgan fingerprint density at radius 1 is 1.53 bits per heavy atom. The summed E-state index contributed by atoms with van der Waals surface area (Å²) < 4.78 is 14.3. The van der Waals surface area contributed by atoms with Crippen molar-refractivity contribution < 1.29 is 4.39 Å². The van der Waals surface area contributed by atoms with Crippen LogP contribution in [0, 0.1) is 11.2 Å². The lowest BCUT2D eigenvalue weighted by Crippen LogP contribution is -2.34. The number of rotatable bonds is 3. The van der Waals surface area contributed by atoms with Crippen molar-refractivity contribution in [2.75, 3.05) is 0 Å². The molecule has 0 heterocycles. The lowest BCUT2D eigenvalue weighted by Gasteiger charge is -2.23. The van der Waals surface area contributed by atoms with Crippen LogP contribution in [0.15, 0.2) is 22.7 Å². The Balaban J connectivity index is 2.38. The van der Waals surface area contributed by atoms with Crippen LogP contribution in [0.1, 0.15) is 31.4 Å². The number of hydrazine groups is 1. The van der Waals surface area contributed by atoms with Gasteiger partial charge in [-0.3, -0.25) is 11.3 Å². The van der Waals surface area contributed by atoms with Crippen molar-refractivity contribution in [1.82, 2.24) is 5.43 Å². The summed E-state index contributed by atoms with van der Waals surface area (Å²) >= 11 is 3.19. The highest BCUT2D eigenvalue weighted by atomic mass is 79.9. The van der Waals surface area contributed by atoms with Gasteiger partial charge in [-0.25, -0.2) is 4.39 Å². The van der Waals surface area contributed by atoms with E-state index in [9.17, 15) is 4.39 Å². The maximum Gasteiger partial charge on any atom is 0.142 e. The molecule has 1 aliphatic carbocycles. The first kappa shape index (κ1) is 11.0. The van der Waals surface area contributed by atoms with E-state index in [1.165, 1.54) is 0 Å². The molecule has 0 aromatic heterocycles. The minimum Gasteiger partial charge on any atom is -0.271 e. The Morgan fingerprint density at radius 2 is 2.20 bits per heavy atom. The van der Waals surface area contributed by atoms with Crippen molar-refractivity contribution in [2.24, 2.45) is 11.3 Å². The first-order valence-corrected chi connectivity index (χ1v) is 5.78. The zero-order valence-corrected chi connectivity index (χ0v) is 10.1. The Labute approximate surface area is 97.1 Å². The largest absolute Gasteiger partial charge is 0.271 e. The van der Waals surface area contributed by atoms with E-state index in [-0.39, 0.29) is 17.3 Å². The van der Waals surface area contributed by atoms with Gasteiger partial charge in [0, 0.05) is 5.56 Å². The quantitative estimate of drug-likeness (QED) is 0.656. The van der Waals surface area contributed by atoms with Crippen molar-refractivity contribution >= 4 is 15.9 Å². The van der Waals surface area contributed by atoms with Crippen molar-refractivity contribution in [3.63, 3.8) is 0 Å². The summed E-state index contributed by atoms with van der Waals surface area (Å²) in [6.45, 7) is 2.12. The summed E-state index contributed by atoms with van der Waals surface area (Å²) in [6.07, 6.45) is 2.18. The normalized spacial score (nSPS) is 20.0. The van der Waals surface area contributed by atoms with Crippen molar-refractivity contribution in [3.05, 3.63) is 34.1 Å². The fraction of sp³-hybridized carbons (Fsp3) is 0.455. The molecule has 1 unspecified atom stereocenters. The number of nitrogens with two attached hydrogens (primary N) is 1. The van der Waals surface area contributed by atoms with Crippen LogP contribution in [-0.2, 0) is 0 Å². The molecule has 2 nitrogen and oxygen atoms in total. The highest BCUT2D eigenvalue weighted by molar-refractivity contribution is 9.10. The number of hydrogen-bond acceptors (Lipinski definition) is 2. The van der Waals surface area contributed by atoms with Gasteiger partial charge in [0.25, 0.3) is 0 Å². The fourth-order valence-corrected chi connectivity index (χ4v) is 2.28. The van der Waals surface area contributed by atoms with Gasteiger partial charge in [-0.1, -0.05) is 19.1 Å². The molecule has 82 valence electrons. The molecule has 1 aliphatic rings. The van der Waals surface area contributed by atoms with E-state index >= 15 is 0 Å². The molecule has 4 heteroatoms. The van der Waals surface area contributed by atoms with E-state index in [4.69, 9.17) is 5.84 Å². The number of halogens is 2. The fourth-order valence-electron chi connectivity index (χ4n) is 1.90. The van der Waals surface area contributed by atoms with E-state index in [1.807, 2.05) is 6.07 Å². The van der Waals surface area contributed by atoms with Crippen LogP contribution in [0.4, 0.5) is 4.39 Å². The second kappa shape index (κ2) is 3.85. The molecule has 1 aromatic rings. The average Bonchev–Trinajstić information content (AvgIpc) is 2.93. The molecule has 0 spiro atoms. The van der Waals surface area contributed by atoms with Crippen LogP contribution in [0.2, 0.25) is 0 Å². The molecule has 1 saturated carbocycles. The molecule has 3 N–H and O–H groups in total. The smallest absolute Gasteiger partial charge is 0.142 e. The van der Waals surface area contributed by atoms with Crippen LogP contribution in [0.3, 0.4) is 0 Å². The summed E-state index contributed by atoms with van der Waals surface area (Å²) in [5.74, 6) is 5.30. The van der Waals surface area contributed by atoms with Crippen molar-refractivity contribution in [1.29, 1.82) is 0 Å². The highest BCUT2D eigenvalue weighted by Gasteiger charge is 2.46. The van der Waals surface area contributed by atoms with Crippen LogP contribution >= 0.6 is 15.9 Å². The monoisotopic (exact) mass is 272 g/mol. The predicted octanol–water partition coefficient (Wildman–Crippen LogP) is 2.89. The molecule has 0 saturated heterocycles. The molecule has 1 aromatic carbocycles. The van der Waals surface area contributed by atoms with Crippen LogP contribution in [0.25, 0.3) is 0 Å². The molecular weight excluding hydrogens is 259 g/mol. The van der Waals surface area contributed by atoms with Gasteiger partial charge in [-0.05, 0) is 40.3 Å². The zero-order chi connectivity index (χ0) is 11.1.